The van der Waals surface area contributed by atoms with Crippen molar-refractivity contribution in [3.63, 3.8) is 0 Å². The zero-order valence-electron chi connectivity index (χ0n) is 26.6. The van der Waals surface area contributed by atoms with E-state index >= 15 is 0 Å². The summed E-state index contributed by atoms with van der Waals surface area (Å²) in [7, 11) is 3.25. The fourth-order valence-corrected chi connectivity index (χ4v) is 3.51. The first-order valence-corrected chi connectivity index (χ1v) is 9.91. The Hall–Kier alpha value is -1.46. The van der Waals surface area contributed by atoms with Gasteiger partial charge in [0.1, 0.15) is 0 Å². The van der Waals surface area contributed by atoms with Gasteiger partial charge in [-0.2, -0.15) is 0 Å². The third-order valence-corrected chi connectivity index (χ3v) is 5.57. The van der Waals surface area contributed by atoms with Crippen molar-refractivity contribution in [1.82, 2.24) is 15.1 Å². The van der Waals surface area contributed by atoms with Crippen LogP contribution in [-0.2, 0) is 0 Å². The normalized spacial score (nSPS) is 36.5. The van der Waals surface area contributed by atoms with Gasteiger partial charge in [0.25, 0.3) is 0 Å². The van der Waals surface area contributed by atoms with E-state index in [-0.39, 0.29) is 40.0 Å². The molecule has 3 rings (SSSR count). The van der Waals surface area contributed by atoms with E-state index in [1.807, 2.05) is 0 Å². The number of hydrogen-bond donors (Lipinski definition) is 1. The Bertz CT molecular complexity index is 1020. The number of aryl methyl sites for hydroxylation is 1. The molecule has 1 aliphatic carbocycles. The second-order valence-electron chi connectivity index (χ2n) is 7.45. The third kappa shape index (κ3) is 5.54. The van der Waals surface area contributed by atoms with Crippen molar-refractivity contribution >= 4 is 23.3 Å². The molecule has 0 atom stereocenters. The Morgan fingerprint density at radius 3 is 2.57 bits per heavy atom. The molecule has 2 fully saturated rings. The number of carbonyl (C=O) groups is 1. The molecule has 6 heteroatoms. The van der Waals surface area contributed by atoms with Gasteiger partial charge >= 0.3 is 6.03 Å². The highest BCUT2D eigenvalue weighted by atomic mass is 35.5. The lowest BCUT2D eigenvalue weighted by Crippen LogP contribution is -2.47. The van der Waals surface area contributed by atoms with Gasteiger partial charge in [-0.15, -0.1) is 0 Å². The standard InChI is InChI=1S/C22H35ClN4O/c1-17-5-4-6-20(21(17)23)27-15-13-26(14-16-27)12-11-18-7-9-19(10-8-18)24-22(28)25(2)3/h4-6,18-19H,7-16H2,1-3H3,(H,24,28)/i12D2,13D2,14D2,15D2,16D2. The van der Waals surface area contributed by atoms with Crippen molar-refractivity contribution in [1.29, 1.82) is 0 Å². The summed E-state index contributed by atoms with van der Waals surface area (Å²) >= 11 is 6.35. The summed E-state index contributed by atoms with van der Waals surface area (Å²) in [4.78, 5) is 13.8. The first-order chi connectivity index (χ1) is 17.2. The zero-order valence-corrected chi connectivity index (χ0v) is 17.3. The van der Waals surface area contributed by atoms with Crippen LogP contribution in [0.25, 0.3) is 0 Å². The number of anilines is 1. The van der Waals surface area contributed by atoms with Crippen LogP contribution in [0.15, 0.2) is 18.2 Å². The first kappa shape index (κ1) is 11.7. The van der Waals surface area contributed by atoms with Crippen LogP contribution in [0.5, 0.6) is 0 Å². The number of benzene rings is 1. The topological polar surface area (TPSA) is 38.8 Å². The minimum atomic E-state index is -3.31. The van der Waals surface area contributed by atoms with Gasteiger partial charge in [0.15, 0.2) is 0 Å². The molecule has 2 aliphatic rings. The molecule has 0 bridgehead atoms. The van der Waals surface area contributed by atoms with E-state index in [0.717, 1.165) is 0 Å². The molecule has 5 nitrogen and oxygen atoms in total. The molecule has 2 amide bonds. The number of piperazine rings is 1. The molecule has 1 N–H and O–H groups in total. The monoisotopic (exact) mass is 416 g/mol. The van der Waals surface area contributed by atoms with Crippen LogP contribution in [0.1, 0.15) is 51.4 Å². The summed E-state index contributed by atoms with van der Waals surface area (Å²) in [5.74, 6) is -0.301. The van der Waals surface area contributed by atoms with E-state index in [1.54, 1.807) is 27.1 Å². The Morgan fingerprint density at radius 1 is 1.25 bits per heavy atom. The number of nitrogens with zero attached hydrogens (tertiary/aromatic N) is 3. The molecule has 1 saturated carbocycles. The molecular formula is C22H35ClN4O. The molecule has 1 saturated heterocycles. The molecule has 0 aromatic heterocycles. The Balaban J connectivity index is 1.93. The average Bonchev–Trinajstić information content (AvgIpc) is 2.76. The number of nitrogens with one attached hydrogen (secondary N) is 1. The molecule has 0 spiro atoms. The van der Waals surface area contributed by atoms with Crippen LogP contribution in [0.4, 0.5) is 10.5 Å². The highest BCUT2D eigenvalue weighted by Gasteiger charge is 2.24. The predicted octanol–water partition coefficient (Wildman–Crippen LogP) is 3.99. The van der Waals surface area contributed by atoms with Crippen molar-refractivity contribution in [2.24, 2.45) is 5.92 Å². The number of rotatable bonds is 5. The van der Waals surface area contributed by atoms with Crippen LogP contribution < -0.4 is 10.2 Å². The number of hydrogen-bond acceptors (Lipinski definition) is 3. The maximum absolute atomic E-state index is 11.9. The number of urea groups is 1. The highest BCUT2D eigenvalue weighted by Crippen LogP contribution is 2.30. The number of carbonyl (C=O) groups excluding carboxylic acids is 1. The molecule has 1 aliphatic heterocycles. The quantitative estimate of drug-likeness (QED) is 0.788. The van der Waals surface area contributed by atoms with E-state index in [2.05, 4.69) is 5.32 Å². The van der Waals surface area contributed by atoms with Crippen molar-refractivity contribution in [2.75, 3.05) is 51.5 Å². The SMILES string of the molecule is [2H]C([2H])(CC1CCC(NC(=O)N(C)C)CC1)N1C([2H])([2H])C([2H])([2H])N(c2cccc(C)c2Cl)C([2H])([2H])C1([2H])[2H]. The lowest BCUT2D eigenvalue weighted by atomic mass is 9.84. The van der Waals surface area contributed by atoms with Crippen molar-refractivity contribution in [3.05, 3.63) is 28.8 Å². The van der Waals surface area contributed by atoms with Crippen LogP contribution in [0.3, 0.4) is 0 Å². The van der Waals surface area contributed by atoms with E-state index in [9.17, 15) is 4.79 Å². The Kier molecular flexibility index (Phi) is 4.10. The van der Waals surface area contributed by atoms with Crippen LogP contribution in [0.2, 0.25) is 5.02 Å². The summed E-state index contributed by atoms with van der Waals surface area (Å²) in [6, 6.07) is 4.04. The Morgan fingerprint density at radius 2 is 1.93 bits per heavy atom. The number of halogens is 1. The van der Waals surface area contributed by atoms with Crippen molar-refractivity contribution < 1.29 is 18.5 Å². The highest BCUT2D eigenvalue weighted by molar-refractivity contribution is 6.34. The Labute approximate surface area is 189 Å². The van der Waals surface area contributed by atoms with Crippen molar-refractivity contribution in [3.8, 4) is 0 Å². The molecule has 1 heterocycles. The van der Waals surface area contributed by atoms with Gasteiger partial charge in [0.2, 0.25) is 0 Å². The second kappa shape index (κ2) is 9.84. The molecule has 0 unspecified atom stereocenters. The molecule has 28 heavy (non-hydrogen) atoms. The van der Waals surface area contributed by atoms with Gasteiger partial charge in [-0.05, 0) is 63.1 Å². The van der Waals surface area contributed by atoms with Gasteiger partial charge in [-0.3, -0.25) is 4.90 Å². The maximum atomic E-state index is 11.9. The lowest BCUT2D eigenvalue weighted by molar-refractivity contribution is 0.194. The molecule has 0 radical (unpaired) electrons. The van der Waals surface area contributed by atoms with Crippen LogP contribution >= 0.6 is 11.6 Å². The van der Waals surface area contributed by atoms with Gasteiger partial charge in [-0.1, -0.05) is 23.7 Å². The molecule has 1 aromatic rings. The summed E-state index contributed by atoms with van der Waals surface area (Å²) in [6.07, 6.45) is 1.76. The van der Waals surface area contributed by atoms with E-state index in [4.69, 9.17) is 25.3 Å². The largest absolute Gasteiger partial charge is 0.368 e. The van der Waals surface area contributed by atoms with Gasteiger partial charge in [0, 0.05) is 54.3 Å². The van der Waals surface area contributed by atoms with E-state index < -0.39 is 32.5 Å². The summed E-state index contributed by atoms with van der Waals surface area (Å²) < 4.78 is 86.9. The maximum Gasteiger partial charge on any atom is 0.317 e. The molecular weight excluding hydrogens is 372 g/mol. The first-order valence-electron chi connectivity index (χ1n) is 14.5. The molecule has 1 aromatic carbocycles. The van der Waals surface area contributed by atoms with Crippen LogP contribution in [-0.4, -0.2) is 68.5 Å². The summed E-state index contributed by atoms with van der Waals surface area (Å²) in [5.41, 5.74) is 0.236. The summed E-state index contributed by atoms with van der Waals surface area (Å²) in [6.45, 7) is -14.2. The third-order valence-electron chi connectivity index (χ3n) is 5.08. The minimum Gasteiger partial charge on any atom is -0.368 e. The number of amides is 2. The lowest BCUT2D eigenvalue weighted by Gasteiger charge is -2.37. The zero-order chi connectivity index (χ0) is 29.1. The smallest absolute Gasteiger partial charge is 0.317 e. The van der Waals surface area contributed by atoms with E-state index in [0.29, 0.717) is 36.1 Å². The fraction of sp³-hybridized carbons (Fsp3) is 0.682. The van der Waals surface area contributed by atoms with Crippen molar-refractivity contribution in [2.45, 2.75) is 45.1 Å². The van der Waals surface area contributed by atoms with Gasteiger partial charge < -0.3 is 15.1 Å². The van der Waals surface area contributed by atoms with Crippen LogP contribution in [0, 0.1) is 12.8 Å². The fourth-order valence-electron chi connectivity index (χ4n) is 3.30. The van der Waals surface area contributed by atoms with E-state index in [1.165, 1.54) is 17.0 Å². The molecule has 156 valence electrons. The van der Waals surface area contributed by atoms with Gasteiger partial charge in [-0.25, -0.2) is 4.79 Å². The van der Waals surface area contributed by atoms with Gasteiger partial charge in [0.05, 0.1) is 16.2 Å². The summed E-state index contributed by atoms with van der Waals surface area (Å²) in [5, 5.41) is 2.83. The second-order valence-corrected chi connectivity index (χ2v) is 7.83. The predicted molar refractivity (Wildman–Crippen MR) is 117 cm³/mol. The minimum absolute atomic E-state index is 0.0542. The average molecular weight is 417 g/mol.